The van der Waals surface area contributed by atoms with Gasteiger partial charge in [0.1, 0.15) is 11.6 Å². The van der Waals surface area contributed by atoms with Gasteiger partial charge in [-0.3, -0.25) is 4.79 Å². The second-order valence-electron chi connectivity index (χ2n) is 7.79. The molecule has 1 amide bonds. The van der Waals surface area contributed by atoms with Gasteiger partial charge in [0.05, 0.1) is 23.2 Å². The van der Waals surface area contributed by atoms with E-state index < -0.39 is 0 Å². The van der Waals surface area contributed by atoms with Crippen LogP contribution in [0, 0.1) is 5.21 Å². The number of hydrogen-bond acceptors (Lipinski definition) is 6. The van der Waals surface area contributed by atoms with Gasteiger partial charge in [0.25, 0.3) is 5.91 Å². The molecule has 0 aliphatic carbocycles. The Bertz CT molecular complexity index is 1360. The molecule has 33 heavy (non-hydrogen) atoms. The third-order valence-electron chi connectivity index (χ3n) is 5.83. The summed E-state index contributed by atoms with van der Waals surface area (Å²) in [6.07, 6.45) is 5.51. The second-order valence-corrected chi connectivity index (χ2v) is 7.79. The highest BCUT2D eigenvalue weighted by Gasteiger charge is 2.30. The molecule has 5 rings (SSSR count). The number of aromatic nitrogens is 3. The van der Waals surface area contributed by atoms with Gasteiger partial charge in [-0.25, -0.2) is 9.97 Å². The molecule has 1 aliphatic heterocycles. The number of anilines is 3. The monoisotopic (exact) mass is 447 g/mol. The fraction of sp³-hybridized carbons (Fsp3) is 0.200. The van der Waals surface area contributed by atoms with Crippen molar-refractivity contribution < 1.29 is 14.3 Å². The molecule has 0 N–H and O–H groups in total. The number of para-hydroxylation sites is 1. The van der Waals surface area contributed by atoms with Gasteiger partial charge in [0.15, 0.2) is 12.0 Å². The van der Waals surface area contributed by atoms with Gasteiger partial charge in [-0.2, -0.15) is 4.73 Å². The highest BCUT2D eigenvalue weighted by Crippen LogP contribution is 2.37. The van der Waals surface area contributed by atoms with Gasteiger partial charge in [0.2, 0.25) is 5.52 Å². The molecule has 0 spiro atoms. The molecule has 1 aromatic carbocycles. The summed E-state index contributed by atoms with van der Waals surface area (Å²) in [5.74, 6) is 1.84. The van der Waals surface area contributed by atoms with Crippen LogP contribution >= 0.6 is 0 Å². The van der Waals surface area contributed by atoms with Crippen LogP contribution in [0.15, 0.2) is 67.1 Å². The molecule has 0 atom stereocenters. The lowest BCUT2D eigenvalue weighted by atomic mass is 10.1. The smallest absolute Gasteiger partial charge is 0.261 e. The fourth-order valence-corrected chi connectivity index (χ4v) is 4.14. The highest BCUT2D eigenvalue weighted by molar-refractivity contribution is 6.12. The first-order chi connectivity index (χ1) is 16.1. The van der Waals surface area contributed by atoms with Crippen LogP contribution in [-0.2, 0) is 6.42 Å². The molecule has 0 saturated heterocycles. The molecule has 1 aliphatic rings. The highest BCUT2D eigenvalue weighted by atomic mass is 16.5. The average Bonchev–Trinajstić information content (AvgIpc) is 2.94. The maximum absolute atomic E-state index is 13.3. The number of pyridine rings is 3. The second kappa shape index (κ2) is 8.38. The summed E-state index contributed by atoms with van der Waals surface area (Å²) in [5, 5.41) is 12.7. The van der Waals surface area contributed by atoms with Crippen molar-refractivity contribution in [2.75, 3.05) is 30.0 Å². The van der Waals surface area contributed by atoms with E-state index in [9.17, 15) is 10.0 Å². The van der Waals surface area contributed by atoms with Crippen molar-refractivity contribution in [3.05, 3.63) is 83.5 Å². The minimum absolute atomic E-state index is 0.125. The summed E-state index contributed by atoms with van der Waals surface area (Å²) in [6.45, 7) is 3.03. The Morgan fingerprint density at radius 1 is 1.09 bits per heavy atom. The molecule has 0 unspecified atom stereocenters. The first-order valence-electron chi connectivity index (χ1n) is 10.8. The van der Waals surface area contributed by atoms with E-state index in [1.54, 1.807) is 36.5 Å². The zero-order valence-corrected chi connectivity index (χ0v) is 18.4. The van der Waals surface area contributed by atoms with Crippen LogP contribution in [-0.4, -0.2) is 36.1 Å². The predicted octanol–water partition coefficient (Wildman–Crippen LogP) is 3.63. The van der Waals surface area contributed by atoms with E-state index >= 15 is 0 Å². The van der Waals surface area contributed by atoms with Crippen LogP contribution in [0.25, 0.3) is 10.9 Å². The van der Waals surface area contributed by atoms with E-state index in [2.05, 4.69) is 9.97 Å². The van der Waals surface area contributed by atoms with Crippen LogP contribution in [0.4, 0.5) is 17.3 Å². The number of rotatable bonds is 5. The molecule has 0 radical (unpaired) electrons. The lowest BCUT2D eigenvalue weighted by Gasteiger charge is -2.22. The third kappa shape index (κ3) is 3.59. The number of benzene rings is 1. The molecule has 4 aromatic rings. The molecule has 166 valence electrons. The van der Waals surface area contributed by atoms with E-state index in [0.717, 1.165) is 21.4 Å². The Morgan fingerprint density at radius 3 is 2.79 bits per heavy atom. The maximum atomic E-state index is 13.3. The summed E-state index contributed by atoms with van der Waals surface area (Å²) in [5.41, 5.74) is 2.74. The first kappa shape index (κ1) is 20.7. The van der Waals surface area contributed by atoms with Gasteiger partial charge in [0, 0.05) is 44.5 Å². The summed E-state index contributed by atoms with van der Waals surface area (Å²) < 4.78 is 6.82. The van der Waals surface area contributed by atoms with Crippen LogP contribution in [0.1, 0.15) is 22.8 Å². The Balaban J connectivity index is 1.41. The molecule has 8 heteroatoms. The summed E-state index contributed by atoms with van der Waals surface area (Å²) in [7, 11) is 1.75. The Morgan fingerprint density at radius 2 is 1.94 bits per heavy atom. The molecular weight excluding hydrogens is 424 g/mol. The topological polar surface area (TPSA) is 85.5 Å². The van der Waals surface area contributed by atoms with Crippen molar-refractivity contribution in [3.63, 3.8) is 0 Å². The number of ether oxygens (including phenoxy) is 1. The van der Waals surface area contributed by atoms with Crippen molar-refractivity contribution >= 4 is 34.1 Å². The number of carbonyl (C=O) groups excluding carboxylic acids is 1. The molecular formula is C25H23N5O3. The maximum Gasteiger partial charge on any atom is 0.261 e. The Kier molecular flexibility index (Phi) is 5.26. The minimum Gasteiger partial charge on any atom is -0.618 e. The number of fused-ring (bicyclic) bond motifs is 3. The predicted molar refractivity (Wildman–Crippen MR) is 126 cm³/mol. The number of amides is 1. The van der Waals surface area contributed by atoms with E-state index in [4.69, 9.17) is 4.74 Å². The zero-order chi connectivity index (χ0) is 22.9. The SMILES string of the molecule is CCN1c2ncc(CCOc3cc[n+]([O-])[13c]4[13cH][13cH][13cH][13cH][13c]34)cc2C(=O)N(C)c2cccnc21. The first-order valence-corrected chi connectivity index (χ1v) is 10.8. The Hall–Kier alpha value is -4.20. The standard InChI is InChI=1S/C25H23N5O3/c1-3-29-23-19(25(31)28(2)21-9-6-12-26-24(21)29)15-17(16-27-23)11-14-33-22-10-13-30(32)20-8-5-4-7-18(20)22/h4-10,12-13,15-16H,3,11,14H2,1-2H3/i4+1,5+1,7+1,8+1,18+1,20+1. The quantitative estimate of drug-likeness (QED) is 0.343. The molecule has 0 saturated carbocycles. The molecule has 8 nitrogen and oxygen atoms in total. The van der Waals surface area contributed by atoms with Gasteiger partial charge in [-0.15, -0.1) is 0 Å². The van der Waals surface area contributed by atoms with Crippen LogP contribution in [0.5, 0.6) is 5.75 Å². The molecule has 4 heterocycles. The number of hydrogen-bond donors (Lipinski definition) is 0. The van der Waals surface area contributed by atoms with Crippen molar-refractivity contribution in [1.29, 1.82) is 0 Å². The summed E-state index contributed by atoms with van der Waals surface area (Å²) >= 11 is 0. The molecule has 0 bridgehead atoms. The zero-order valence-electron chi connectivity index (χ0n) is 18.4. The average molecular weight is 447 g/mol. The third-order valence-corrected chi connectivity index (χ3v) is 5.83. The van der Waals surface area contributed by atoms with E-state index in [-0.39, 0.29) is 5.91 Å². The van der Waals surface area contributed by atoms with E-state index in [0.29, 0.717) is 48.0 Å². The van der Waals surface area contributed by atoms with Gasteiger partial charge < -0.3 is 19.7 Å². The largest absolute Gasteiger partial charge is 0.618 e. The summed E-state index contributed by atoms with van der Waals surface area (Å²) in [6, 6.07) is 14.6. The van der Waals surface area contributed by atoms with Crippen molar-refractivity contribution in [1.82, 2.24) is 9.97 Å². The Labute approximate surface area is 191 Å². The van der Waals surface area contributed by atoms with Crippen molar-refractivity contribution in [2.24, 2.45) is 0 Å². The van der Waals surface area contributed by atoms with E-state index in [1.807, 2.05) is 48.2 Å². The van der Waals surface area contributed by atoms with Crippen LogP contribution < -0.4 is 19.3 Å². The minimum atomic E-state index is -0.125. The van der Waals surface area contributed by atoms with Gasteiger partial charge in [-0.1, -0.05) is 12.1 Å². The van der Waals surface area contributed by atoms with Crippen molar-refractivity contribution in [3.8, 4) is 5.75 Å². The number of nitrogens with zero attached hydrogens (tertiary/aromatic N) is 5. The lowest BCUT2D eigenvalue weighted by Crippen LogP contribution is -2.26. The van der Waals surface area contributed by atoms with Crippen LogP contribution in [0.2, 0.25) is 0 Å². The molecule has 3 aromatic heterocycles. The van der Waals surface area contributed by atoms with E-state index in [1.165, 1.54) is 6.20 Å². The van der Waals surface area contributed by atoms with Crippen LogP contribution in [0.3, 0.4) is 0 Å². The molecule has 0 fully saturated rings. The van der Waals surface area contributed by atoms with Crippen molar-refractivity contribution in [2.45, 2.75) is 13.3 Å². The summed E-state index contributed by atoms with van der Waals surface area (Å²) in [4.78, 5) is 26.0. The van der Waals surface area contributed by atoms with Gasteiger partial charge >= 0.3 is 0 Å². The lowest BCUT2D eigenvalue weighted by molar-refractivity contribution is -0.577. The number of carbonyl (C=O) groups is 1. The normalized spacial score (nSPS) is 13.0. The van der Waals surface area contributed by atoms with Gasteiger partial charge in [-0.05, 0) is 36.8 Å². The fourth-order valence-electron chi connectivity index (χ4n) is 4.14.